The van der Waals surface area contributed by atoms with Crippen molar-refractivity contribution >= 4 is 0 Å². The van der Waals surface area contributed by atoms with Gasteiger partial charge in [0, 0.05) is 19.5 Å². The molecule has 0 saturated heterocycles. The van der Waals surface area contributed by atoms with Crippen LogP contribution < -0.4 is 17.0 Å². The van der Waals surface area contributed by atoms with Gasteiger partial charge in [-0.1, -0.05) is 33.1 Å². The summed E-state index contributed by atoms with van der Waals surface area (Å²) in [6, 6.07) is 0. The zero-order valence-corrected chi connectivity index (χ0v) is 9.47. The molecule has 0 fully saturated rings. The van der Waals surface area contributed by atoms with Crippen molar-refractivity contribution in [2.45, 2.75) is 26.2 Å². The molecule has 0 aromatic rings. The second-order valence-corrected chi connectivity index (χ2v) is 1.21. The van der Waals surface area contributed by atoms with Gasteiger partial charge in [0.15, 0.2) is 0 Å². The van der Waals surface area contributed by atoms with Gasteiger partial charge in [0.25, 0.3) is 0 Å². The molecule has 0 rings (SSSR count). The van der Waals surface area contributed by atoms with E-state index >= 15 is 0 Å². The first-order chi connectivity index (χ1) is 2.41. The summed E-state index contributed by atoms with van der Waals surface area (Å²) in [7, 11) is 0. The van der Waals surface area contributed by atoms with Crippen molar-refractivity contribution in [1.29, 1.82) is 0 Å². The van der Waals surface area contributed by atoms with Crippen LogP contribution in [0.3, 0.4) is 0 Å². The average molecular weight is 216 g/mol. The fraction of sp³-hybridized carbons (Fsp3) is 0.800. The monoisotopic (exact) mass is 214 g/mol. The first kappa shape index (κ1) is 15.7. The van der Waals surface area contributed by atoms with Crippen LogP contribution in [0.2, 0.25) is 0 Å². The Balaban J connectivity index is -0.0000000800. The molecule has 7 heavy (non-hydrogen) atoms. The summed E-state index contributed by atoms with van der Waals surface area (Å²) in [5.41, 5.74) is 0. The van der Waals surface area contributed by atoms with Gasteiger partial charge in [-0.3, -0.25) is 0 Å². The third kappa shape index (κ3) is 19.2. The first-order valence-electron chi connectivity index (χ1n) is 2.21. The van der Waals surface area contributed by atoms with E-state index in [-0.39, 0.29) is 36.5 Å². The van der Waals surface area contributed by atoms with E-state index in [1.54, 1.807) is 0 Å². The Kier molecular flexibility index (Phi) is 35.2. The smallest absolute Gasteiger partial charge is 0 e. The van der Waals surface area contributed by atoms with Gasteiger partial charge in [-0.05, 0) is 0 Å². The normalized spacial score (nSPS) is 6.00. The SMILES string of the molecule is [Br-].[CH2]CCCC.[Zn]. The first-order valence-corrected chi connectivity index (χ1v) is 2.21. The predicted molar refractivity (Wildman–Crippen MR) is 24.9 cm³/mol. The second-order valence-electron chi connectivity index (χ2n) is 1.21. The van der Waals surface area contributed by atoms with Crippen LogP contribution in [0.5, 0.6) is 0 Å². The number of hydrogen-bond acceptors (Lipinski definition) is 0. The average Bonchev–Trinajstić information content (AvgIpc) is 1.41. The van der Waals surface area contributed by atoms with E-state index in [2.05, 4.69) is 13.8 Å². The molecule has 41 valence electrons. The van der Waals surface area contributed by atoms with Gasteiger partial charge >= 0.3 is 0 Å². The van der Waals surface area contributed by atoms with Gasteiger partial charge < -0.3 is 17.0 Å². The molecule has 0 unspecified atom stereocenters. The van der Waals surface area contributed by atoms with Crippen molar-refractivity contribution in [2.75, 3.05) is 0 Å². The molecule has 0 aliphatic carbocycles. The van der Waals surface area contributed by atoms with Crippen LogP contribution >= 0.6 is 0 Å². The summed E-state index contributed by atoms with van der Waals surface area (Å²) < 4.78 is 0. The minimum Gasteiger partial charge on any atom is -1.00 e. The zero-order valence-electron chi connectivity index (χ0n) is 4.91. The summed E-state index contributed by atoms with van der Waals surface area (Å²) >= 11 is 0. The summed E-state index contributed by atoms with van der Waals surface area (Å²) in [6.07, 6.45) is 3.65. The van der Waals surface area contributed by atoms with Gasteiger partial charge in [-0.25, -0.2) is 0 Å². The fourth-order valence-corrected chi connectivity index (χ4v) is 0.250. The maximum Gasteiger partial charge on any atom is 0 e. The van der Waals surface area contributed by atoms with E-state index in [4.69, 9.17) is 0 Å². The van der Waals surface area contributed by atoms with Crippen LogP contribution in [-0.4, -0.2) is 0 Å². The standard InChI is InChI=1S/C5H11.BrH.Zn/c1-3-5-4-2;;/h1,3-5H2,2H3;1H;/p-1. The maximum absolute atomic E-state index is 3.68. The quantitative estimate of drug-likeness (QED) is 0.520. The van der Waals surface area contributed by atoms with Crippen molar-refractivity contribution in [3.05, 3.63) is 6.92 Å². The molecule has 1 radical (unpaired) electrons. The van der Waals surface area contributed by atoms with Crippen LogP contribution in [0.25, 0.3) is 0 Å². The van der Waals surface area contributed by atoms with Crippen molar-refractivity contribution in [3.63, 3.8) is 0 Å². The zero-order chi connectivity index (χ0) is 4.12. The van der Waals surface area contributed by atoms with Crippen LogP contribution in [0.1, 0.15) is 26.2 Å². The fourth-order valence-electron chi connectivity index (χ4n) is 0.250. The Labute approximate surface area is 69.6 Å². The maximum atomic E-state index is 3.68. The molecule has 0 aromatic carbocycles. The van der Waals surface area contributed by atoms with Gasteiger partial charge in [0.1, 0.15) is 0 Å². The van der Waals surface area contributed by atoms with Crippen LogP contribution in [0.15, 0.2) is 0 Å². The molecule has 2 heteroatoms. The topological polar surface area (TPSA) is 0 Å². The van der Waals surface area contributed by atoms with Crippen molar-refractivity contribution in [2.24, 2.45) is 0 Å². The summed E-state index contributed by atoms with van der Waals surface area (Å²) in [5, 5.41) is 0. The molecule has 0 aliphatic rings. The van der Waals surface area contributed by atoms with Crippen molar-refractivity contribution in [1.82, 2.24) is 0 Å². The van der Waals surface area contributed by atoms with E-state index in [0.717, 1.165) is 6.42 Å². The van der Waals surface area contributed by atoms with Crippen LogP contribution in [0, 0.1) is 6.92 Å². The van der Waals surface area contributed by atoms with Crippen LogP contribution in [-0.2, 0) is 19.5 Å². The van der Waals surface area contributed by atoms with Crippen molar-refractivity contribution < 1.29 is 36.5 Å². The molecule has 0 saturated carbocycles. The van der Waals surface area contributed by atoms with E-state index in [1.165, 1.54) is 12.8 Å². The molecule has 0 amide bonds. The Morgan fingerprint density at radius 3 is 1.86 bits per heavy atom. The Hall–Kier alpha value is 1.10. The van der Waals surface area contributed by atoms with E-state index in [9.17, 15) is 0 Å². The minimum atomic E-state index is 0. The molecule has 0 atom stereocenters. The summed E-state index contributed by atoms with van der Waals surface area (Å²) in [5.74, 6) is 0. The Morgan fingerprint density at radius 1 is 1.43 bits per heavy atom. The molecule has 0 aliphatic heterocycles. The summed E-state index contributed by atoms with van der Waals surface area (Å²) in [4.78, 5) is 0. The van der Waals surface area contributed by atoms with Gasteiger partial charge in [0.2, 0.25) is 0 Å². The molecule has 0 spiro atoms. The van der Waals surface area contributed by atoms with Gasteiger partial charge in [0.05, 0.1) is 0 Å². The molecule has 0 bridgehead atoms. The molecule has 0 nitrogen and oxygen atoms in total. The third-order valence-electron chi connectivity index (χ3n) is 0.604. The molecular formula is C5H11BrZn-. The van der Waals surface area contributed by atoms with Gasteiger partial charge in [-0.15, -0.1) is 0 Å². The van der Waals surface area contributed by atoms with Crippen molar-refractivity contribution in [3.8, 4) is 0 Å². The largest absolute Gasteiger partial charge is 1.00 e. The summed E-state index contributed by atoms with van der Waals surface area (Å²) in [6.45, 7) is 5.85. The van der Waals surface area contributed by atoms with Crippen LogP contribution in [0.4, 0.5) is 0 Å². The molecule has 0 N–H and O–H groups in total. The molecule has 0 aromatic heterocycles. The molecular weight excluding hydrogens is 205 g/mol. The number of rotatable bonds is 2. The number of unbranched alkanes of at least 4 members (excludes halogenated alkanes) is 2. The predicted octanol–water partition coefficient (Wildman–Crippen LogP) is -0.988. The Morgan fingerprint density at radius 2 is 1.86 bits per heavy atom. The van der Waals surface area contributed by atoms with E-state index in [1.807, 2.05) is 0 Å². The van der Waals surface area contributed by atoms with E-state index < -0.39 is 0 Å². The van der Waals surface area contributed by atoms with Gasteiger partial charge in [-0.2, -0.15) is 0 Å². The Bertz CT molecular complexity index is 15.6. The third-order valence-corrected chi connectivity index (χ3v) is 0.604. The van der Waals surface area contributed by atoms with E-state index in [0.29, 0.717) is 0 Å². The minimum absolute atomic E-state index is 0. The molecule has 0 heterocycles. The number of hydrogen-bond donors (Lipinski definition) is 0. The number of halogens is 1. The second kappa shape index (κ2) is 15.7.